The first kappa shape index (κ1) is 17.6. The van der Waals surface area contributed by atoms with E-state index in [0.29, 0.717) is 36.0 Å². The molecule has 0 saturated heterocycles. The van der Waals surface area contributed by atoms with Crippen LogP contribution in [-0.4, -0.2) is 37.8 Å². The van der Waals surface area contributed by atoms with Gasteiger partial charge in [0.1, 0.15) is 13.2 Å². The summed E-state index contributed by atoms with van der Waals surface area (Å²) in [6, 6.07) is 5.40. The fourth-order valence-corrected chi connectivity index (χ4v) is 3.53. The number of carbonyl (C=O) groups is 2. The quantitative estimate of drug-likeness (QED) is 0.756. The van der Waals surface area contributed by atoms with Gasteiger partial charge in [-0.1, -0.05) is 0 Å². The van der Waals surface area contributed by atoms with Gasteiger partial charge in [-0.05, 0) is 23.8 Å². The summed E-state index contributed by atoms with van der Waals surface area (Å²) in [4.78, 5) is 24.9. The van der Waals surface area contributed by atoms with E-state index in [-0.39, 0.29) is 24.8 Å². The van der Waals surface area contributed by atoms with E-state index in [1.807, 2.05) is 17.7 Å². The Hall–Kier alpha value is -2.19. The van der Waals surface area contributed by atoms with Crippen LogP contribution in [0.5, 0.6) is 11.5 Å². The van der Waals surface area contributed by atoms with Gasteiger partial charge in [0.15, 0.2) is 11.5 Å². The van der Waals surface area contributed by atoms with Crippen molar-refractivity contribution in [3.05, 3.63) is 34.5 Å². The first-order valence-electron chi connectivity index (χ1n) is 7.75. The molecule has 2 aromatic rings. The number of ether oxygens (including phenoxy) is 2. The molecule has 25 heavy (non-hydrogen) atoms. The maximum absolute atomic E-state index is 12.2. The molecular weight excluding hydrogens is 360 g/mol. The van der Waals surface area contributed by atoms with Crippen molar-refractivity contribution in [3.8, 4) is 11.5 Å². The number of nitrogens with one attached hydrogen (secondary N) is 2. The SMILES string of the molecule is CSc1cc2c(cc1NC(=O)CCNC(=O)c1ccsc1)OCCO2. The Morgan fingerprint density at radius 2 is 2.00 bits per heavy atom. The number of carbonyl (C=O) groups excluding carboxylic acids is 2. The first-order chi connectivity index (χ1) is 12.2. The van der Waals surface area contributed by atoms with Gasteiger partial charge in [-0.15, -0.1) is 11.8 Å². The molecule has 2 heterocycles. The molecule has 132 valence electrons. The summed E-state index contributed by atoms with van der Waals surface area (Å²) < 4.78 is 11.1. The number of benzene rings is 1. The van der Waals surface area contributed by atoms with Crippen molar-refractivity contribution in [2.24, 2.45) is 0 Å². The monoisotopic (exact) mass is 378 g/mol. The van der Waals surface area contributed by atoms with E-state index in [4.69, 9.17) is 9.47 Å². The molecule has 0 aliphatic carbocycles. The van der Waals surface area contributed by atoms with Gasteiger partial charge in [-0.25, -0.2) is 0 Å². The zero-order chi connectivity index (χ0) is 17.6. The van der Waals surface area contributed by atoms with Crippen molar-refractivity contribution in [3.63, 3.8) is 0 Å². The lowest BCUT2D eigenvalue weighted by atomic mass is 10.2. The topological polar surface area (TPSA) is 76.7 Å². The molecule has 0 saturated carbocycles. The predicted molar refractivity (Wildman–Crippen MR) is 99.1 cm³/mol. The van der Waals surface area contributed by atoms with Crippen molar-refractivity contribution < 1.29 is 19.1 Å². The molecule has 0 unspecified atom stereocenters. The van der Waals surface area contributed by atoms with Gasteiger partial charge in [-0.3, -0.25) is 9.59 Å². The lowest BCUT2D eigenvalue weighted by Gasteiger charge is -2.21. The van der Waals surface area contributed by atoms with Crippen LogP contribution in [-0.2, 0) is 4.79 Å². The molecule has 1 aliphatic heterocycles. The zero-order valence-corrected chi connectivity index (χ0v) is 15.3. The molecule has 3 rings (SSSR count). The van der Waals surface area contributed by atoms with Crippen LogP contribution in [0.4, 0.5) is 5.69 Å². The maximum atomic E-state index is 12.2. The maximum Gasteiger partial charge on any atom is 0.252 e. The average molecular weight is 378 g/mol. The van der Waals surface area contributed by atoms with Gasteiger partial charge in [0, 0.05) is 34.9 Å². The van der Waals surface area contributed by atoms with Crippen LogP contribution >= 0.6 is 23.1 Å². The second-order valence-electron chi connectivity index (χ2n) is 5.26. The third-order valence-electron chi connectivity index (χ3n) is 3.56. The standard InChI is InChI=1S/C17H18N2O4S2/c1-24-15-9-14-13(22-5-6-23-14)8-12(15)19-16(20)2-4-18-17(21)11-3-7-25-10-11/h3,7-10H,2,4-6H2,1H3,(H,18,21)(H,19,20). The van der Waals surface area contributed by atoms with E-state index in [2.05, 4.69) is 10.6 Å². The summed E-state index contributed by atoms with van der Waals surface area (Å²) in [5.74, 6) is 0.984. The Morgan fingerprint density at radius 3 is 2.68 bits per heavy atom. The molecule has 2 N–H and O–H groups in total. The van der Waals surface area contributed by atoms with Gasteiger partial charge >= 0.3 is 0 Å². The summed E-state index contributed by atoms with van der Waals surface area (Å²) in [7, 11) is 0. The summed E-state index contributed by atoms with van der Waals surface area (Å²) in [5.41, 5.74) is 1.30. The molecule has 2 amide bonds. The third-order valence-corrected chi connectivity index (χ3v) is 5.02. The van der Waals surface area contributed by atoms with Crippen LogP contribution in [0.2, 0.25) is 0 Å². The predicted octanol–water partition coefficient (Wildman–Crippen LogP) is 3.00. The van der Waals surface area contributed by atoms with Crippen LogP contribution in [0.1, 0.15) is 16.8 Å². The highest BCUT2D eigenvalue weighted by molar-refractivity contribution is 7.98. The van der Waals surface area contributed by atoms with Crippen LogP contribution in [0.25, 0.3) is 0 Å². The van der Waals surface area contributed by atoms with Crippen molar-refractivity contribution in [2.45, 2.75) is 11.3 Å². The second-order valence-corrected chi connectivity index (χ2v) is 6.89. The number of anilines is 1. The third kappa shape index (κ3) is 4.46. The minimum Gasteiger partial charge on any atom is -0.486 e. The van der Waals surface area contributed by atoms with E-state index in [9.17, 15) is 9.59 Å². The molecule has 0 fully saturated rings. The number of fused-ring (bicyclic) bond motifs is 1. The molecule has 6 nitrogen and oxygen atoms in total. The van der Waals surface area contributed by atoms with Gasteiger partial charge < -0.3 is 20.1 Å². The summed E-state index contributed by atoms with van der Waals surface area (Å²) >= 11 is 2.98. The van der Waals surface area contributed by atoms with Crippen molar-refractivity contribution in [2.75, 3.05) is 31.3 Å². The molecule has 1 aromatic heterocycles. The lowest BCUT2D eigenvalue weighted by molar-refractivity contribution is -0.116. The smallest absolute Gasteiger partial charge is 0.252 e. The fourth-order valence-electron chi connectivity index (χ4n) is 2.33. The van der Waals surface area contributed by atoms with E-state index < -0.39 is 0 Å². The largest absolute Gasteiger partial charge is 0.486 e. The number of thiophene rings is 1. The Bertz CT molecular complexity index is 762. The highest BCUT2D eigenvalue weighted by Crippen LogP contribution is 2.39. The van der Waals surface area contributed by atoms with Gasteiger partial charge in [0.2, 0.25) is 5.91 Å². The van der Waals surface area contributed by atoms with Crippen LogP contribution in [0.3, 0.4) is 0 Å². The summed E-state index contributed by atoms with van der Waals surface area (Å²) in [6.07, 6.45) is 2.13. The van der Waals surface area contributed by atoms with Crippen LogP contribution in [0.15, 0.2) is 33.9 Å². The van der Waals surface area contributed by atoms with Gasteiger partial charge in [0.05, 0.1) is 5.69 Å². The number of thioether (sulfide) groups is 1. The first-order valence-corrected chi connectivity index (χ1v) is 9.92. The highest BCUT2D eigenvalue weighted by Gasteiger charge is 2.17. The number of rotatable bonds is 6. The van der Waals surface area contributed by atoms with Crippen LogP contribution < -0.4 is 20.1 Å². The van der Waals surface area contributed by atoms with E-state index in [0.717, 1.165) is 4.90 Å². The molecule has 1 aromatic carbocycles. The van der Waals surface area contributed by atoms with Gasteiger partial charge in [0.25, 0.3) is 5.91 Å². The number of hydrogen-bond donors (Lipinski definition) is 2. The Balaban J connectivity index is 1.56. The molecular formula is C17H18N2O4S2. The average Bonchev–Trinajstić information content (AvgIpc) is 3.15. The van der Waals surface area contributed by atoms with E-state index >= 15 is 0 Å². The molecule has 1 aliphatic rings. The molecule has 8 heteroatoms. The Kier molecular flexibility index (Phi) is 5.83. The number of amides is 2. The van der Waals surface area contributed by atoms with Crippen molar-refractivity contribution in [1.29, 1.82) is 0 Å². The normalized spacial score (nSPS) is 12.5. The zero-order valence-electron chi connectivity index (χ0n) is 13.7. The number of hydrogen-bond acceptors (Lipinski definition) is 6. The minimum absolute atomic E-state index is 0.168. The second kappa shape index (κ2) is 8.26. The van der Waals surface area contributed by atoms with Gasteiger partial charge in [-0.2, -0.15) is 11.3 Å². The van der Waals surface area contributed by atoms with Crippen molar-refractivity contribution >= 4 is 40.6 Å². The molecule has 0 bridgehead atoms. The molecule has 0 radical (unpaired) electrons. The summed E-state index contributed by atoms with van der Waals surface area (Å²) in [5, 5.41) is 9.23. The lowest BCUT2D eigenvalue weighted by Crippen LogP contribution is -2.27. The van der Waals surface area contributed by atoms with Crippen LogP contribution in [0, 0.1) is 0 Å². The Labute approximate surface area is 153 Å². The minimum atomic E-state index is -0.169. The molecule has 0 spiro atoms. The van der Waals surface area contributed by atoms with E-state index in [1.54, 1.807) is 17.5 Å². The Morgan fingerprint density at radius 1 is 1.24 bits per heavy atom. The molecule has 0 atom stereocenters. The van der Waals surface area contributed by atoms with Crippen molar-refractivity contribution in [1.82, 2.24) is 5.32 Å². The van der Waals surface area contributed by atoms with E-state index in [1.165, 1.54) is 23.1 Å². The fraction of sp³-hybridized carbons (Fsp3) is 0.294. The summed E-state index contributed by atoms with van der Waals surface area (Å²) in [6.45, 7) is 1.30. The highest BCUT2D eigenvalue weighted by atomic mass is 32.2.